The molecule has 0 bridgehead atoms. The van der Waals surface area contributed by atoms with Crippen LogP contribution in [-0.2, 0) is 18.3 Å². The molecule has 2 aromatic carbocycles. The van der Waals surface area contributed by atoms with Gasteiger partial charge in [0.2, 0.25) is 0 Å². The monoisotopic (exact) mass is 378 g/mol. The Balaban J connectivity index is 0.00000220. The van der Waals surface area contributed by atoms with Crippen molar-refractivity contribution in [2.45, 2.75) is 26.7 Å². The Hall–Kier alpha value is -0.666. The van der Waals surface area contributed by atoms with Crippen LogP contribution in [0.3, 0.4) is 0 Å². The zero-order valence-corrected chi connectivity index (χ0v) is 15.9. The van der Waals surface area contributed by atoms with Gasteiger partial charge in [0.15, 0.2) is 0 Å². The third-order valence-corrected chi connectivity index (χ3v) is 5.90. The molecule has 0 saturated heterocycles. The van der Waals surface area contributed by atoms with Crippen LogP contribution in [0.5, 0.6) is 5.75 Å². The average molecular weight is 379 g/mol. The van der Waals surface area contributed by atoms with Crippen LogP contribution in [0.4, 0.5) is 3.09 Å². The van der Waals surface area contributed by atoms with E-state index < -0.39 is 18.3 Å². The minimum Gasteiger partial charge on any atom is -0.147 e. The van der Waals surface area contributed by atoms with Crippen molar-refractivity contribution in [1.29, 1.82) is 0 Å². The molecular weight excluding hydrogens is 358 g/mol. The molecule has 0 atom stereocenters. The SMILES string of the molecule is CC[C](CC)=[Ti]([F])[O]c1cccc(-c2ccccc2)c1.Cl.Cl. The number of halogens is 3. The zero-order valence-electron chi connectivity index (χ0n) is 12.7. The summed E-state index contributed by atoms with van der Waals surface area (Å²) in [6, 6.07) is 17.8. The molecule has 5 heteroatoms. The van der Waals surface area contributed by atoms with Crippen LogP contribution in [-0.4, -0.2) is 3.81 Å². The molecule has 0 aliphatic heterocycles. The summed E-state index contributed by atoms with van der Waals surface area (Å²) in [5.74, 6) is 0.642. The Bertz CT molecular complexity index is 597. The van der Waals surface area contributed by atoms with Crippen LogP contribution in [0.2, 0.25) is 0 Å². The van der Waals surface area contributed by atoms with E-state index in [-0.39, 0.29) is 24.8 Å². The predicted octanol–water partition coefficient (Wildman–Crippen LogP) is 5.99. The van der Waals surface area contributed by atoms with Gasteiger partial charge in [-0.25, -0.2) is 0 Å². The molecule has 2 aromatic rings. The van der Waals surface area contributed by atoms with E-state index in [2.05, 4.69) is 0 Å². The van der Waals surface area contributed by atoms with Gasteiger partial charge in [-0.05, 0) is 0 Å². The summed E-state index contributed by atoms with van der Waals surface area (Å²) in [6.45, 7) is 3.99. The second-order valence-electron chi connectivity index (χ2n) is 4.58. The average Bonchev–Trinajstić information content (AvgIpc) is 2.49. The van der Waals surface area contributed by atoms with Crippen molar-refractivity contribution in [1.82, 2.24) is 0 Å². The van der Waals surface area contributed by atoms with Gasteiger partial charge in [-0.1, -0.05) is 0 Å². The Morgan fingerprint density at radius 2 is 1.50 bits per heavy atom. The van der Waals surface area contributed by atoms with Crippen LogP contribution in [0.25, 0.3) is 11.1 Å². The van der Waals surface area contributed by atoms with Gasteiger partial charge >= 0.3 is 127 Å². The van der Waals surface area contributed by atoms with E-state index in [9.17, 15) is 3.09 Å². The fraction of sp³-hybridized carbons (Fsp3) is 0.235. The fourth-order valence-corrected chi connectivity index (χ4v) is 3.69. The molecule has 0 saturated carbocycles. The predicted molar refractivity (Wildman–Crippen MR) is 93.7 cm³/mol. The van der Waals surface area contributed by atoms with E-state index in [1.54, 1.807) is 0 Å². The zero-order chi connectivity index (χ0) is 14.4. The molecule has 0 unspecified atom stereocenters. The molecule has 22 heavy (non-hydrogen) atoms. The summed E-state index contributed by atoms with van der Waals surface area (Å²) < 4.78 is 20.7. The summed E-state index contributed by atoms with van der Waals surface area (Å²) in [6.07, 6.45) is 1.56. The molecule has 0 spiro atoms. The molecular formula is C17H21Cl2FOTi. The molecule has 0 radical (unpaired) electrons. The van der Waals surface area contributed by atoms with Gasteiger partial charge in [-0.3, -0.25) is 0 Å². The van der Waals surface area contributed by atoms with Gasteiger partial charge in [-0.2, -0.15) is 0 Å². The van der Waals surface area contributed by atoms with Crippen LogP contribution in [0.15, 0.2) is 54.6 Å². The van der Waals surface area contributed by atoms with Crippen molar-refractivity contribution in [3.8, 4) is 16.9 Å². The standard InChI is InChI=1S/C12H10O.C5H10.2ClH.FH.Ti/c13-12-8-4-7-11(9-12)10-5-2-1-3-6-10;1-3-5-4-2;;;;/h1-9,13H;3-4H2,1-2H3;3*1H;/q;;;;;+2/p-2. The van der Waals surface area contributed by atoms with Gasteiger partial charge in [0.05, 0.1) is 0 Å². The van der Waals surface area contributed by atoms with Crippen molar-refractivity contribution in [2.24, 2.45) is 0 Å². The molecule has 2 rings (SSSR count). The summed E-state index contributed by atoms with van der Waals surface area (Å²) >= 11 is -3.03. The van der Waals surface area contributed by atoms with Crippen LogP contribution >= 0.6 is 24.8 Å². The Morgan fingerprint density at radius 3 is 2.09 bits per heavy atom. The maximum Gasteiger partial charge on any atom is -0.147 e. The maximum absolute atomic E-state index is 14.2. The van der Waals surface area contributed by atoms with E-state index in [4.69, 9.17) is 3.32 Å². The van der Waals surface area contributed by atoms with Crippen LogP contribution < -0.4 is 3.32 Å². The maximum atomic E-state index is 14.2. The van der Waals surface area contributed by atoms with Crippen molar-refractivity contribution >= 4 is 28.6 Å². The van der Waals surface area contributed by atoms with Crippen molar-refractivity contribution in [3.63, 3.8) is 0 Å². The molecule has 120 valence electrons. The number of hydrogen-bond donors (Lipinski definition) is 0. The minimum absolute atomic E-state index is 0. The van der Waals surface area contributed by atoms with Crippen molar-refractivity contribution in [3.05, 3.63) is 54.6 Å². The van der Waals surface area contributed by atoms with E-state index in [1.807, 2.05) is 68.4 Å². The molecule has 0 aliphatic carbocycles. The van der Waals surface area contributed by atoms with Gasteiger partial charge in [0.1, 0.15) is 0 Å². The molecule has 0 aromatic heterocycles. The van der Waals surface area contributed by atoms with E-state index in [0.717, 1.165) is 27.8 Å². The summed E-state index contributed by atoms with van der Waals surface area (Å²) in [4.78, 5) is 0. The second kappa shape index (κ2) is 11.0. The number of rotatable bonds is 5. The van der Waals surface area contributed by atoms with Gasteiger partial charge in [0, 0.05) is 0 Å². The Kier molecular flexibility index (Phi) is 10.6. The molecule has 1 nitrogen and oxygen atoms in total. The van der Waals surface area contributed by atoms with Crippen molar-refractivity contribution in [2.75, 3.05) is 0 Å². The minimum atomic E-state index is -3.03. The normalized spacial score (nSPS) is 9.23. The van der Waals surface area contributed by atoms with Gasteiger partial charge in [-0.15, -0.1) is 24.8 Å². The Morgan fingerprint density at radius 1 is 0.909 bits per heavy atom. The molecule has 0 aliphatic rings. The van der Waals surface area contributed by atoms with Gasteiger partial charge < -0.3 is 0 Å². The van der Waals surface area contributed by atoms with Crippen LogP contribution in [0.1, 0.15) is 26.7 Å². The molecule has 0 amide bonds. The Labute approximate surface area is 151 Å². The summed E-state index contributed by atoms with van der Waals surface area (Å²) in [5.41, 5.74) is 2.18. The summed E-state index contributed by atoms with van der Waals surface area (Å²) in [7, 11) is 0. The number of hydrogen-bond acceptors (Lipinski definition) is 1. The first-order valence-corrected chi connectivity index (χ1v) is 8.96. The van der Waals surface area contributed by atoms with Crippen molar-refractivity contribution < 1.29 is 24.7 Å². The smallest absolute Gasteiger partial charge is 0.147 e. The van der Waals surface area contributed by atoms with E-state index in [0.29, 0.717) is 5.75 Å². The first-order chi connectivity index (χ1) is 9.74. The number of benzene rings is 2. The molecule has 0 N–H and O–H groups in total. The first kappa shape index (κ1) is 21.3. The third kappa shape index (κ3) is 5.85. The molecule has 0 heterocycles. The fourth-order valence-electron chi connectivity index (χ4n) is 2.07. The molecule has 0 fully saturated rings. The van der Waals surface area contributed by atoms with E-state index in [1.165, 1.54) is 0 Å². The first-order valence-electron chi connectivity index (χ1n) is 6.95. The van der Waals surface area contributed by atoms with Gasteiger partial charge in [0.25, 0.3) is 0 Å². The van der Waals surface area contributed by atoms with Crippen LogP contribution in [0, 0.1) is 0 Å². The second-order valence-corrected chi connectivity index (χ2v) is 6.86. The largest absolute Gasteiger partial charge is 0.147 e. The van der Waals surface area contributed by atoms with E-state index >= 15 is 0 Å². The summed E-state index contributed by atoms with van der Waals surface area (Å²) in [5, 5.41) is 0. The third-order valence-electron chi connectivity index (χ3n) is 3.28. The quantitative estimate of drug-likeness (QED) is 0.581. The topological polar surface area (TPSA) is 9.23 Å².